The molecule has 1 aromatic heterocycles. The van der Waals surface area contributed by atoms with E-state index < -0.39 is 33.8 Å². The maximum absolute atomic E-state index is 13.1. The lowest BCUT2D eigenvalue weighted by Crippen LogP contribution is -2.47. The first-order chi connectivity index (χ1) is 17.2. The van der Waals surface area contributed by atoms with Crippen molar-refractivity contribution in [3.8, 4) is 6.07 Å². The van der Waals surface area contributed by atoms with Crippen LogP contribution in [0.5, 0.6) is 0 Å². The third-order valence-electron chi connectivity index (χ3n) is 6.22. The molecule has 0 N–H and O–H groups in total. The van der Waals surface area contributed by atoms with Gasteiger partial charge in [-0.3, -0.25) is 18.6 Å². The molecule has 1 fully saturated rings. The minimum Gasteiger partial charge on any atom is -0.444 e. The second kappa shape index (κ2) is 9.74. The molecule has 2 atom stereocenters. The number of aromatic nitrogens is 2. The summed E-state index contributed by atoms with van der Waals surface area (Å²) in [6, 6.07) is 7.84. The number of nitrogens with zero attached hydrogens (tertiary/aromatic N) is 5. The number of carbonyl (C=O) groups is 2. The van der Waals surface area contributed by atoms with Gasteiger partial charge >= 0.3 is 6.09 Å². The molecule has 13 heteroatoms. The van der Waals surface area contributed by atoms with Gasteiger partial charge in [0.05, 0.1) is 54.3 Å². The smallest absolute Gasteiger partial charge is 0.410 e. The van der Waals surface area contributed by atoms with Crippen LogP contribution in [0.15, 0.2) is 39.8 Å². The Hall–Kier alpha value is -2.95. The fraction of sp³-hybridized carbons (Fsp3) is 0.500. The van der Waals surface area contributed by atoms with Crippen molar-refractivity contribution in [1.82, 2.24) is 14.7 Å². The molecule has 0 aliphatic carbocycles. The van der Waals surface area contributed by atoms with Gasteiger partial charge in [-0.2, -0.15) is 18.8 Å². The summed E-state index contributed by atoms with van der Waals surface area (Å²) in [4.78, 5) is 28.8. The number of ether oxygens (including phenoxy) is 1. The van der Waals surface area contributed by atoms with Crippen LogP contribution in [0.25, 0.3) is 0 Å². The summed E-state index contributed by atoms with van der Waals surface area (Å²) < 4.78 is 38.5. The molecule has 37 heavy (non-hydrogen) atoms. The highest BCUT2D eigenvalue weighted by atomic mass is 79.9. The average Bonchev–Trinajstić information content (AvgIpc) is 3.36. The van der Waals surface area contributed by atoms with Crippen LogP contribution in [0.2, 0.25) is 0 Å². The predicted molar refractivity (Wildman–Crippen MR) is 136 cm³/mol. The third kappa shape index (κ3) is 5.66. The van der Waals surface area contributed by atoms with Crippen LogP contribution in [0.3, 0.4) is 0 Å². The van der Waals surface area contributed by atoms with Gasteiger partial charge < -0.3 is 9.64 Å². The normalized spacial score (nSPS) is 22.1. The summed E-state index contributed by atoms with van der Waals surface area (Å²) in [6.45, 7) is 7.29. The maximum atomic E-state index is 13.1. The van der Waals surface area contributed by atoms with Gasteiger partial charge in [-0.15, -0.1) is 0 Å². The van der Waals surface area contributed by atoms with E-state index in [-0.39, 0.29) is 36.4 Å². The van der Waals surface area contributed by atoms with Crippen molar-refractivity contribution in [3.63, 3.8) is 0 Å². The summed E-state index contributed by atoms with van der Waals surface area (Å²) in [5, 5.41) is 14.3. The average molecular weight is 594 g/mol. The molecule has 0 radical (unpaired) electrons. The Morgan fingerprint density at radius 3 is 2.59 bits per heavy atom. The molecule has 2 aromatic rings. The SMILES string of the molecule is C[C@H]1Cn2ncc(N3CC(C#N)(COS(=O)(=O)c4ccc(Br)cc4)CC3=O)c2CN1C(=O)OC(C)(C)C. The summed E-state index contributed by atoms with van der Waals surface area (Å²) in [6.07, 6.45) is 0.853. The Morgan fingerprint density at radius 1 is 1.30 bits per heavy atom. The second-order valence-corrected chi connectivity index (χ2v) is 12.9. The lowest BCUT2D eigenvalue weighted by molar-refractivity contribution is -0.117. The first-order valence-electron chi connectivity index (χ1n) is 11.6. The van der Waals surface area contributed by atoms with Crippen LogP contribution in [0.4, 0.5) is 10.5 Å². The van der Waals surface area contributed by atoms with Gasteiger partial charge in [-0.25, -0.2) is 4.79 Å². The van der Waals surface area contributed by atoms with Gasteiger partial charge in [0.1, 0.15) is 11.0 Å². The van der Waals surface area contributed by atoms with E-state index >= 15 is 0 Å². The van der Waals surface area contributed by atoms with Crippen molar-refractivity contribution in [2.45, 2.75) is 63.7 Å². The second-order valence-electron chi connectivity index (χ2n) is 10.3. The monoisotopic (exact) mass is 593 g/mol. The summed E-state index contributed by atoms with van der Waals surface area (Å²) in [5.74, 6) is -0.357. The fourth-order valence-electron chi connectivity index (χ4n) is 4.29. The molecular formula is C24H28BrN5O6S. The van der Waals surface area contributed by atoms with Crippen LogP contribution in [-0.4, -0.2) is 59.9 Å². The highest BCUT2D eigenvalue weighted by Crippen LogP contribution is 2.38. The van der Waals surface area contributed by atoms with Gasteiger partial charge in [0.2, 0.25) is 5.91 Å². The molecule has 1 unspecified atom stereocenters. The van der Waals surface area contributed by atoms with E-state index in [0.29, 0.717) is 22.4 Å². The number of benzene rings is 1. The number of hydrogen-bond acceptors (Lipinski definition) is 8. The fourth-order valence-corrected chi connectivity index (χ4v) is 5.54. The molecule has 2 amide bonds. The number of halogens is 1. The third-order valence-corrected chi connectivity index (χ3v) is 8.02. The van der Waals surface area contributed by atoms with E-state index in [2.05, 4.69) is 27.1 Å². The Bertz CT molecular complexity index is 1360. The molecule has 2 aliphatic rings. The summed E-state index contributed by atoms with van der Waals surface area (Å²) in [7, 11) is -4.13. The summed E-state index contributed by atoms with van der Waals surface area (Å²) in [5.41, 5.74) is -0.931. The van der Waals surface area contributed by atoms with Gasteiger partial charge in [0.15, 0.2) is 0 Å². The number of hydrogen-bond donors (Lipinski definition) is 0. The minimum atomic E-state index is -4.13. The Morgan fingerprint density at radius 2 is 1.97 bits per heavy atom. The van der Waals surface area contributed by atoms with Crippen molar-refractivity contribution in [2.24, 2.45) is 5.41 Å². The van der Waals surface area contributed by atoms with Crippen molar-refractivity contribution >= 4 is 43.7 Å². The number of nitriles is 1. The quantitative estimate of drug-likeness (QED) is 0.481. The van der Waals surface area contributed by atoms with Crippen LogP contribution in [0.1, 0.15) is 39.8 Å². The minimum absolute atomic E-state index is 0.0490. The summed E-state index contributed by atoms with van der Waals surface area (Å²) >= 11 is 3.25. The molecule has 3 heterocycles. The molecule has 198 valence electrons. The first-order valence-corrected chi connectivity index (χ1v) is 13.8. The number of anilines is 1. The van der Waals surface area contributed by atoms with Crippen molar-refractivity contribution in [2.75, 3.05) is 18.1 Å². The van der Waals surface area contributed by atoms with E-state index in [4.69, 9.17) is 8.92 Å². The Balaban J connectivity index is 1.53. The van der Waals surface area contributed by atoms with Crippen molar-refractivity contribution in [3.05, 3.63) is 40.6 Å². The lowest BCUT2D eigenvalue weighted by atomic mass is 9.90. The zero-order chi connectivity index (χ0) is 27.2. The molecule has 1 aromatic carbocycles. The predicted octanol–water partition coefficient (Wildman–Crippen LogP) is 3.44. The van der Waals surface area contributed by atoms with Gasteiger partial charge in [0.25, 0.3) is 10.1 Å². The van der Waals surface area contributed by atoms with Crippen LogP contribution in [-0.2, 0) is 36.9 Å². The van der Waals surface area contributed by atoms with E-state index in [1.165, 1.54) is 23.2 Å². The molecule has 4 rings (SSSR count). The molecular weight excluding hydrogens is 566 g/mol. The van der Waals surface area contributed by atoms with Crippen LogP contribution in [0, 0.1) is 16.7 Å². The topological polar surface area (TPSA) is 135 Å². The lowest BCUT2D eigenvalue weighted by Gasteiger charge is -2.36. The highest BCUT2D eigenvalue weighted by molar-refractivity contribution is 9.10. The Labute approximate surface area is 224 Å². The number of rotatable bonds is 5. The van der Waals surface area contributed by atoms with E-state index in [1.807, 2.05) is 6.92 Å². The Kier molecular flexibility index (Phi) is 7.13. The maximum Gasteiger partial charge on any atom is 0.410 e. The van der Waals surface area contributed by atoms with Gasteiger partial charge in [-0.1, -0.05) is 15.9 Å². The molecule has 0 bridgehead atoms. The number of amides is 2. The molecule has 11 nitrogen and oxygen atoms in total. The van der Waals surface area contributed by atoms with E-state index in [1.54, 1.807) is 42.5 Å². The molecule has 1 saturated heterocycles. The van der Waals surface area contributed by atoms with Crippen LogP contribution >= 0.6 is 15.9 Å². The van der Waals surface area contributed by atoms with E-state index in [0.717, 1.165) is 0 Å². The zero-order valence-electron chi connectivity index (χ0n) is 21.0. The van der Waals surface area contributed by atoms with Crippen molar-refractivity contribution in [1.29, 1.82) is 5.26 Å². The number of carbonyl (C=O) groups excluding carboxylic acids is 2. The highest BCUT2D eigenvalue weighted by Gasteiger charge is 2.47. The largest absolute Gasteiger partial charge is 0.444 e. The number of fused-ring (bicyclic) bond motifs is 1. The van der Waals surface area contributed by atoms with Gasteiger partial charge in [-0.05, 0) is 52.0 Å². The van der Waals surface area contributed by atoms with Gasteiger partial charge in [0, 0.05) is 17.4 Å². The van der Waals surface area contributed by atoms with Crippen LogP contribution < -0.4 is 4.90 Å². The molecule has 2 aliphatic heterocycles. The van der Waals surface area contributed by atoms with Crippen molar-refractivity contribution < 1.29 is 26.9 Å². The molecule has 0 spiro atoms. The van der Waals surface area contributed by atoms with E-state index in [9.17, 15) is 23.3 Å². The molecule has 0 saturated carbocycles. The standard InChI is InChI=1S/C24H28BrN5O6S/c1-16-11-30-20(12-28(16)22(32)36-23(2,3)4)19(10-27-30)29-14-24(13-26,9-21(29)31)15-35-37(33,34)18-7-5-17(25)6-8-18/h5-8,10,16H,9,11-12,14-15H2,1-4H3/t16-,24?/m0/s1. The zero-order valence-corrected chi connectivity index (χ0v) is 23.4. The first kappa shape index (κ1) is 27.1.